The Bertz CT molecular complexity index is 357. The van der Waals surface area contributed by atoms with Crippen LogP contribution in [0.4, 0.5) is 0 Å². The summed E-state index contributed by atoms with van der Waals surface area (Å²) >= 11 is 0. The van der Waals surface area contributed by atoms with Gasteiger partial charge in [-0.1, -0.05) is 13.8 Å². The minimum absolute atomic E-state index is 0.141. The van der Waals surface area contributed by atoms with Crippen LogP contribution in [0.1, 0.15) is 33.1 Å². The number of nitrogens with one attached hydrogen (secondary N) is 1. The zero-order chi connectivity index (χ0) is 14.5. The van der Waals surface area contributed by atoms with E-state index in [0.717, 1.165) is 32.5 Å². The molecule has 0 aliphatic carbocycles. The van der Waals surface area contributed by atoms with Gasteiger partial charge in [-0.3, -0.25) is 0 Å². The first kappa shape index (κ1) is 16.9. The van der Waals surface area contributed by atoms with Gasteiger partial charge in [-0.25, -0.2) is 12.7 Å². The van der Waals surface area contributed by atoms with E-state index in [4.69, 9.17) is 0 Å². The van der Waals surface area contributed by atoms with Crippen LogP contribution in [-0.4, -0.2) is 69.2 Å². The van der Waals surface area contributed by atoms with Gasteiger partial charge >= 0.3 is 0 Å². The lowest BCUT2D eigenvalue weighted by Crippen LogP contribution is -2.48. The van der Waals surface area contributed by atoms with E-state index in [2.05, 4.69) is 31.1 Å². The molecule has 0 bridgehead atoms. The number of likely N-dealkylation sites (N-methyl/N-ethyl adjacent to an activating group) is 2. The van der Waals surface area contributed by atoms with Gasteiger partial charge in [-0.2, -0.15) is 0 Å². The zero-order valence-electron chi connectivity index (χ0n) is 12.7. The first-order valence-corrected chi connectivity index (χ1v) is 8.81. The number of hydrogen-bond donors (Lipinski definition) is 1. The second kappa shape index (κ2) is 7.57. The first-order chi connectivity index (χ1) is 8.83. The summed E-state index contributed by atoms with van der Waals surface area (Å²) < 4.78 is 26.1. The molecule has 0 aromatic heterocycles. The van der Waals surface area contributed by atoms with E-state index in [1.165, 1.54) is 0 Å². The van der Waals surface area contributed by atoms with E-state index in [1.807, 2.05) is 0 Å². The van der Waals surface area contributed by atoms with Crippen LogP contribution < -0.4 is 5.32 Å². The Labute approximate surface area is 118 Å². The molecule has 1 rings (SSSR count). The highest BCUT2D eigenvalue weighted by molar-refractivity contribution is 7.89. The van der Waals surface area contributed by atoms with E-state index < -0.39 is 10.0 Å². The molecule has 1 aliphatic heterocycles. The molecule has 0 saturated carbocycles. The molecule has 6 heteroatoms. The fraction of sp³-hybridized carbons (Fsp3) is 1.00. The van der Waals surface area contributed by atoms with Crippen molar-refractivity contribution >= 4 is 10.0 Å². The fourth-order valence-corrected chi connectivity index (χ4v) is 3.88. The standard InChI is InChI=1S/C13H29N3O2S/c1-12(2)14-8-6-10-19(17,18)16(4)13-7-5-9-15(3)11-13/h12-14H,5-11H2,1-4H3. The third-order valence-corrected chi connectivity index (χ3v) is 5.66. The van der Waals surface area contributed by atoms with Gasteiger partial charge in [0.1, 0.15) is 0 Å². The van der Waals surface area contributed by atoms with Gasteiger partial charge in [0.2, 0.25) is 10.0 Å². The molecule has 19 heavy (non-hydrogen) atoms. The Hall–Kier alpha value is -0.170. The molecule has 1 heterocycles. The molecule has 1 N–H and O–H groups in total. The topological polar surface area (TPSA) is 52.7 Å². The molecular formula is C13H29N3O2S. The van der Waals surface area contributed by atoms with E-state index in [-0.39, 0.29) is 11.8 Å². The maximum Gasteiger partial charge on any atom is 0.214 e. The predicted octanol–water partition coefficient (Wildman–Crippen LogP) is 0.730. The molecule has 5 nitrogen and oxygen atoms in total. The maximum absolute atomic E-state index is 12.3. The number of sulfonamides is 1. The van der Waals surface area contributed by atoms with Crippen molar-refractivity contribution in [2.24, 2.45) is 0 Å². The summed E-state index contributed by atoms with van der Waals surface area (Å²) in [5, 5.41) is 3.25. The summed E-state index contributed by atoms with van der Waals surface area (Å²) in [6.07, 6.45) is 2.73. The van der Waals surface area contributed by atoms with Crippen molar-refractivity contribution in [3.8, 4) is 0 Å². The Morgan fingerprint density at radius 3 is 2.68 bits per heavy atom. The summed E-state index contributed by atoms with van der Waals surface area (Å²) in [5.74, 6) is 0.240. The van der Waals surface area contributed by atoms with Crippen LogP contribution in [-0.2, 0) is 10.0 Å². The quantitative estimate of drug-likeness (QED) is 0.703. The Morgan fingerprint density at radius 2 is 2.11 bits per heavy atom. The van der Waals surface area contributed by atoms with E-state index >= 15 is 0 Å². The number of hydrogen-bond acceptors (Lipinski definition) is 4. The second-order valence-electron chi connectivity index (χ2n) is 5.85. The van der Waals surface area contributed by atoms with Gasteiger partial charge in [0.25, 0.3) is 0 Å². The SMILES string of the molecule is CC(C)NCCCS(=O)(=O)N(C)C1CCCN(C)C1. The summed E-state index contributed by atoms with van der Waals surface area (Å²) in [6, 6.07) is 0.550. The average Bonchev–Trinajstić information content (AvgIpc) is 2.33. The van der Waals surface area contributed by atoms with E-state index in [9.17, 15) is 8.42 Å². The highest BCUT2D eigenvalue weighted by Gasteiger charge is 2.28. The summed E-state index contributed by atoms with van der Waals surface area (Å²) in [5.41, 5.74) is 0. The van der Waals surface area contributed by atoms with Crippen molar-refractivity contribution < 1.29 is 8.42 Å². The third-order valence-electron chi connectivity index (χ3n) is 3.68. The van der Waals surface area contributed by atoms with Crippen LogP contribution in [0, 0.1) is 0 Å². The zero-order valence-corrected chi connectivity index (χ0v) is 13.5. The van der Waals surface area contributed by atoms with Gasteiger partial charge in [0.15, 0.2) is 0 Å². The van der Waals surface area contributed by atoms with Crippen molar-refractivity contribution in [2.75, 3.05) is 39.5 Å². The van der Waals surface area contributed by atoms with Crippen LogP contribution >= 0.6 is 0 Å². The monoisotopic (exact) mass is 291 g/mol. The predicted molar refractivity (Wildman–Crippen MR) is 79.8 cm³/mol. The number of rotatable bonds is 7. The number of nitrogens with zero attached hydrogens (tertiary/aromatic N) is 2. The average molecular weight is 291 g/mol. The molecule has 1 saturated heterocycles. The van der Waals surface area contributed by atoms with Gasteiger partial charge < -0.3 is 10.2 Å². The Kier molecular flexibility index (Phi) is 6.73. The van der Waals surface area contributed by atoms with Crippen LogP contribution in [0.5, 0.6) is 0 Å². The summed E-state index contributed by atoms with van der Waals surface area (Å²) in [7, 11) is 0.671. The largest absolute Gasteiger partial charge is 0.314 e. The molecule has 1 atom stereocenters. The van der Waals surface area contributed by atoms with Crippen LogP contribution in [0.25, 0.3) is 0 Å². The second-order valence-corrected chi connectivity index (χ2v) is 8.00. The highest BCUT2D eigenvalue weighted by atomic mass is 32.2. The lowest BCUT2D eigenvalue weighted by Gasteiger charge is -2.35. The maximum atomic E-state index is 12.3. The smallest absolute Gasteiger partial charge is 0.214 e. The fourth-order valence-electron chi connectivity index (χ4n) is 2.45. The van der Waals surface area contributed by atoms with Crippen molar-refractivity contribution in [3.05, 3.63) is 0 Å². The lowest BCUT2D eigenvalue weighted by molar-refractivity contribution is 0.187. The minimum atomic E-state index is -3.11. The highest BCUT2D eigenvalue weighted by Crippen LogP contribution is 2.16. The molecular weight excluding hydrogens is 262 g/mol. The molecule has 1 aliphatic rings. The Balaban J connectivity index is 2.42. The Morgan fingerprint density at radius 1 is 1.42 bits per heavy atom. The summed E-state index contributed by atoms with van der Waals surface area (Å²) in [4.78, 5) is 2.21. The van der Waals surface area contributed by atoms with E-state index in [1.54, 1.807) is 11.4 Å². The third kappa shape index (κ3) is 5.77. The van der Waals surface area contributed by atoms with Crippen LogP contribution in [0.2, 0.25) is 0 Å². The van der Waals surface area contributed by atoms with Gasteiger partial charge in [0.05, 0.1) is 5.75 Å². The van der Waals surface area contributed by atoms with Crippen molar-refractivity contribution in [1.82, 2.24) is 14.5 Å². The molecule has 1 fully saturated rings. The summed E-state index contributed by atoms with van der Waals surface area (Å²) in [6.45, 7) is 6.81. The number of piperidine rings is 1. The van der Waals surface area contributed by atoms with Crippen LogP contribution in [0.3, 0.4) is 0 Å². The molecule has 0 aromatic rings. The van der Waals surface area contributed by atoms with Crippen LogP contribution in [0.15, 0.2) is 0 Å². The first-order valence-electron chi connectivity index (χ1n) is 7.20. The van der Waals surface area contributed by atoms with Crippen molar-refractivity contribution in [2.45, 2.75) is 45.2 Å². The minimum Gasteiger partial charge on any atom is -0.314 e. The van der Waals surface area contributed by atoms with Crippen molar-refractivity contribution in [3.63, 3.8) is 0 Å². The van der Waals surface area contributed by atoms with Gasteiger partial charge in [-0.05, 0) is 39.4 Å². The molecule has 1 unspecified atom stereocenters. The number of likely N-dealkylation sites (tertiary alicyclic amines) is 1. The van der Waals surface area contributed by atoms with Crippen molar-refractivity contribution in [1.29, 1.82) is 0 Å². The van der Waals surface area contributed by atoms with Gasteiger partial charge in [0, 0.05) is 25.7 Å². The molecule has 0 aromatic carbocycles. The molecule has 0 radical (unpaired) electrons. The van der Waals surface area contributed by atoms with Gasteiger partial charge in [-0.15, -0.1) is 0 Å². The lowest BCUT2D eigenvalue weighted by atomic mass is 10.1. The van der Waals surface area contributed by atoms with E-state index in [0.29, 0.717) is 12.5 Å². The normalized spacial score (nSPS) is 22.3. The molecule has 0 spiro atoms. The molecule has 0 amide bonds. The molecule has 114 valence electrons.